The number of nitrogens with two attached hydrogens (primary N) is 1. The van der Waals surface area contributed by atoms with E-state index in [9.17, 15) is 0 Å². The van der Waals surface area contributed by atoms with Gasteiger partial charge in [-0.2, -0.15) is 0 Å². The average molecular weight is 183 g/mol. The van der Waals surface area contributed by atoms with Crippen LogP contribution in [0.25, 0.3) is 0 Å². The van der Waals surface area contributed by atoms with Crippen molar-refractivity contribution in [3.8, 4) is 0 Å². The third-order valence-corrected chi connectivity index (χ3v) is 3.32. The fraction of sp³-hybridized carbons (Fsp3) is 1.00. The van der Waals surface area contributed by atoms with Crippen LogP contribution in [0.5, 0.6) is 0 Å². The Kier molecular flexibility index (Phi) is 4.79. The SMILES string of the molecule is CC(C)CCCC1CCCCC1N. The molecule has 1 fully saturated rings. The smallest absolute Gasteiger partial charge is 0.00671 e. The van der Waals surface area contributed by atoms with Gasteiger partial charge in [0, 0.05) is 6.04 Å². The summed E-state index contributed by atoms with van der Waals surface area (Å²) in [4.78, 5) is 0. The van der Waals surface area contributed by atoms with Crippen molar-refractivity contribution in [3.63, 3.8) is 0 Å². The van der Waals surface area contributed by atoms with E-state index >= 15 is 0 Å². The van der Waals surface area contributed by atoms with Crippen molar-refractivity contribution in [1.82, 2.24) is 0 Å². The monoisotopic (exact) mass is 183 g/mol. The lowest BCUT2D eigenvalue weighted by atomic mass is 9.81. The molecular formula is C12H25N. The molecule has 1 saturated carbocycles. The van der Waals surface area contributed by atoms with Gasteiger partial charge < -0.3 is 5.73 Å². The van der Waals surface area contributed by atoms with Crippen LogP contribution in [0.4, 0.5) is 0 Å². The second-order valence-corrected chi connectivity index (χ2v) is 5.03. The summed E-state index contributed by atoms with van der Waals surface area (Å²) in [6.45, 7) is 4.61. The van der Waals surface area contributed by atoms with Crippen molar-refractivity contribution >= 4 is 0 Å². The summed E-state index contributed by atoms with van der Waals surface area (Å²) in [5, 5.41) is 0. The van der Waals surface area contributed by atoms with Gasteiger partial charge >= 0.3 is 0 Å². The fourth-order valence-corrected chi connectivity index (χ4v) is 2.38. The summed E-state index contributed by atoms with van der Waals surface area (Å²) in [5.74, 6) is 1.70. The van der Waals surface area contributed by atoms with E-state index < -0.39 is 0 Å². The summed E-state index contributed by atoms with van der Waals surface area (Å²) in [7, 11) is 0. The second kappa shape index (κ2) is 5.64. The fourth-order valence-electron chi connectivity index (χ4n) is 2.38. The first-order chi connectivity index (χ1) is 6.20. The Labute approximate surface area is 83.1 Å². The highest BCUT2D eigenvalue weighted by atomic mass is 14.7. The lowest BCUT2D eigenvalue weighted by Gasteiger charge is -2.28. The van der Waals surface area contributed by atoms with Gasteiger partial charge in [0.15, 0.2) is 0 Å². The number of rotatable bonds is 4. The molecule has 0 amide bonds. The van der Waals surface area contributed by atoms with Crippen LogP contribution < -0.4 is 5.73 Å². The Morgan fingerprint density at radius 2 is 1.92 bits per heavy atom. The van der Waals surface area contributed by atoms with Crippen LogP contribution in [0.1, 0.15) is 58.8 Å². The lowest BCUT2D eigenvalue weighted by Crippen LogP contribution is -2.32. The van der Waals surface area contributed by atoms with Gasteiger partial charge in [-0.05, 0) is 31.1 Å². The van der Waals surface area contributed by atoms with Crippen LogP contribution in [0.3, 0.4) is 0 Å². The summed E-state index contributed by atoms with van der Waals surface area (Å²) in [6.07, 6.45) is 9.58. The molecule has 1 rings (SSSR count). The molecule has 0 aromatic carbocycles. The second-order valence-electron chi connectivity index (χ2n) is 5.03. The van der Waals surface area contributed by atoms with E-state index in [0.29, 0.717) is 6.04 Å². The van der Waals surface area contributed by atoms with E-state index in [1.807, 2.05) is 0 Å². The van der Waals surface area contributed by atoms with Gasteiger partial charge in [-0.15, -0.1) is 0 Å². The normalized spacial score (nSPS) is 29.5. The third-order valence-electron chi connectivity index (χ3n) is 3.32. The topological polar surface area (TPSA) is 26.0 Å². The Bertz CT molecular complexity index is 131. The molecule has 13 heavy (non-hydrogen) atoms. The van der Waals surface area contributed by atoms with E-state index in [4.69, 9.17) is 5.73 Å². The van der Waals surface area contributed by atoms with Crippen LogP contribution in [-0.4, -0.2) is 6.04 Å². The molecule has 78 valence electrons. The first kappa shape index (κ1) is 11.0. The average Bonchev–Trinajstić information content (AvgIpc) is 2.08. The number of hydrogen-bond acceptors (Lipinski definition) is 1. The molecule has 0 bridgehead atoms. The summed E-state index contributed by atoms with van der Waals surface area (Å²) >= 11 is 0. The molecule has 0 aromatic rings. The largest absolute Gasteiger partial charge is 0.327 e. The predicted molar refractivity (Wildman–Crippen MR) is 58.6 cm³/mol. The minimum absolute atomic E-state index is 0.515. The van der Waals surface area contributed by atoms with Gasteiger partial charge in [0.2, 0.25) is 0 Å². The van der Waals surface area contributed by atoms with Crippen molar-refractivity contribution in [2.24, 2.45) is 17.6 Å². The molecule has 1 aliphatic carbocycles. The standard InChI is InChI=1S/C12H25N/c1-10(2)6-5-8-11-7-3-4-9-12(11)13/h10-12H,3-9,13H2,1-2H3. The Balaban J connectivity index is 2.11. The van der Waals surface area contributed by atoms with Crippen LogP contribution in [0, 0.1) is 11.8 Å². The summed E-state index contributed by atoms with van der Waals surface area (Å²) < 4.78 is 0. The third kappa shape index (κ3) is 4.12. The maximum absolute atomic E-state index is 6.10. The first-order valence-corrected chi connectivity index (χ1v) is 5.95. The molecule has 0 aromatic heterocycles. The summed E-state index contributed by atoms with van der Waals surface area (Å²) in [6, 6.07) is 0.515. The molecular weight excluding hydrogens is 158 g/mol. The van der Waals surface area contributed by atoms with E-state index in [1.165, 1.54) is 44.9 Å². The number of hydrogen-bond donors (Lipinski definition) is 1. The molecule has 2 atom stereocenters. The molecule has 0 heterocycles. The van der Waals surface area contributed by atoms with Gasteiger partial charge in [0.05, 0.1) is 0 Å². The lowest BCUT2D eigenvalue weighted by molar-refractivity contribution is 0.280. The highest BCUT2D eigenvalue weighted by molar-refractivity contribution is 4.77. The highest BCUT2D eigenvalue weighted by Gasteiger charge is 2.20. The summed E-state index contributed by atoms with van der Waals surface area (Å²) in [5.41, 5.74) is 6.10. The highest BCUT2D eigenvalue weighted by Crippen LogP contribution is 2.27. The van der Waals surface area contributed by atoms with E-state index in [-0.39, 0.29) is 0 Å². The van der Waals surface area contributed by atoms with Crippen molar-refractivity contribution in [2.45, 2.75) is 64.8 Å². The van der Waals surface area contributed by atoms with E-state index in [1.54, 1.807) is 0 Å². The van der Waals surface area contributed by atoms with E-state index in [2.05, 4.69) is 13.8 Å². The zero-order chi connectivity index (χ0) is 9.68. The van der Waals surface area contributed by atoms with Crippen molar-refractivity contribution < 1.29 is 0 Å². The zero-order valence-corrected chi connectivity index (χ0v) is 9.26. The maximum atomic E-state index is 6.10. The van der Waals surface area contributed by atoms with Crippen molar-refractivity contribution in [3.05, 3.63) is 0 Å². The molecule has 0 spiro atoms. The Morgan fingerprint density at radius 3 is 2.54 bits per heavy atom. The minimum Gasteiger partial charge on any atom is -0.327 e. The molecule has 1 nitrogen and oxygen atoms in total. The molecule has 0 radical (unpaired) electrons. The Morgan fingerprint density at radius 1 is 1.23 bits per heavy atom. The van der Waals surface area contributed by atoms with Gasteiger partial charge in [-0.25, -0.2) is 0 Å². The molecule has 2 N–H and O–H groups in total. The van der Waals surface area contributed by atoms with Gasteiger partial charge in [-0.3, -0.25) is 0 Å². The molecule has 1 heteroatoms. The van der Waals surface area contributed by atoms with Crippen LogP contribution >= 0.6 is 0 Å². The van der Waals surface area contributed by atoms with Crippen LogP contribution in [0.2, 0.25) is 0 Å². The predicted octanol–water partition coefficient (Wildman–Crippen LogP) is 3.33. The van der Waals surface area contributed by atoms with Gasteiger partial charge in [-0.1, -0.05) is 39.5 Å². The molecule has 2 unspecified atom stereocenters. The molecule has 0 saturated heterocycles. The molecule has 0 aliphatic heterocycles. The van der Waals surface area contributed by atoms with Gasteiger partial charge in [0.1, 0.15) is 0 Å². The zero-order valence-electron chi connectivity index (χ0n) is 9.26. The van der Waals surface area contributed by atoms with Crippen LogP contribution in [-0.2, 0) is 0 Å². The van der Waals surface area contributed by atoms with Crippen molar-refractivity contribution in [2.75, 3.05) is 0 Å². The molecule has 1 aliphatic rings. The minimum atomic E-state index is 0.515. The Hall–Kier alpha value is -0.0400. The van der Waals surface area contributed by atoms with Gasteiger partial charge in [0.25, 0.3) is 0 Å². The maximum Gasteiger partial charge on any atom is 0.00671 e. The van der Waals surface area contributed by atoms with Crippen molar-refractivity contribution in [1.29, 1.82) is 0 Å². The first-order valence-electron chi connectivity index (χ1n) is 5.95. The van der Waals surface area contributed by atoms with E-state index in [0.717, 1.165) is 11.8 Å². The van der Waals surface area contributed by atoms with Crippen LogP contribution in [0.15, 0.2) is 0 Å². The quantitative estimate of drug-likeness (QED) is 0.711.